The number of imide groups is 1. The number of nitrogen functional groups attached to an aromatic ring is 1. The van der Waals surface area contributed by atoms with Crippen LogP contribution in [0.25, 0.3) is 0 Å². The Morgan fingerprint density at radius 3 is 2.47 bits per heavy atom. The number of anilines is 1. The van der Waals surface area contributed by atoms with Crippen molar-refractivity contribution in [2.75, 3.05) is 5.73 Å². The predicted molar refractivity (Wildman–Crippen MR) is 67.1 cm³/mol. The summed E-state index contributed by atoms with van der Waals surface area (Å²) < 4.78 is 0. The molecule has 2 aromatic rings. The third-order valence-corrected chi connectivity index (χ3v) is 2.95. The van der Waals surface area contributed by atoms with E-state index >= 15 is 0 Å². The molecule has 1 aromatic heterocycles. The van der Waals surface area contributed by atoms with Crippen LogP contribution in [-0.4, -0.2) is 26.7 Å². The molecule has 0 saturated heterocycles. The molecular formula is C13H10N4O2. The third-order valence-electron chi connectivity index (χ3n) is 2.95. The van der Waals surface area contributed by atoms with Gasteiger partial charge in [0.25, 0.3) is 11.8 Å². The molecule has 0 spiro atoms. The average molecular weight is 254 g/mol. The van der Waals surface area contributed by atoms with Gasteiger partial charge in [-0.1, -0.05) is 6.07 Å². The summed E-state index contributed by atoms with van der Waals surface area (Å²) in [6.45, 7) is 0.0482. The first-order valence-corrected chi connectivity index (χ1v) is 5.69. The Balaban J connectivity index is 1.97. The topological polar surface area (TPSA) is 89.2 Å². The highest BCUT2D eigenvalue weighted by Crippen LogP contribution is 2.28. The number of fused-ring (bicyclic) bond motifs is 1. The summed E-state index contributed by atoms with van der Waals surface area (Å²) in [5.41, 5.74) is 6.66. The fourth-order valence-corrected chi connectivity index (χ4v) is 2.06. The van der Waals surface area contributed by atoms with Crippen molar-refractivity contribution >= 4 is 17.5 Å². The van der Waals surface area contributed by atoms with Crippen molar-refractivity contribution in [2.45, 2.75) is 6.54 Å². The first-order chi connectivity index (χ1) is 9.18. The maximum absolute atomic E-state index is 12.2. The molecule has 0 fully saturated rings. The minimum Gasteiger partial charge on any atom is -0.398 e. The Bertz CT molecular complexity index is 670. The summed E-state index contributed by atoms with van der Waals surface area (Å²) in [6, 6.07) is 6.52. The van der Waals surface area contributed by atoms with Crippen LogP contribution in [0.3, 0.4) is 0 Å². The standard InChI is InChI=1S/C13H10N4O2/c14-9-4-1-3-8-11(9)13(19)17(12(8)18)7-10-15-5-2-6-16-10/h1-6H,7,14H2. The lowest BCUT2D eigenvalue weighted by Gasteiger charge is -2.12. The number of benzene rings is 1. The van der Waals surface area contributed by atoms with Crippen molar-refractivity contribution in [3.8, 4) is 0 Å². The average Bonchev–Trinajstić information content (AvgIpc) is 2.66. The zero-order chi connectivity index (χ0) is 13.4. The number of nitrogens with two attached hydrogens (primary N) is 1. The fraction of sp³-hybridized carbons (Fsp3) is 0.0769. The molecule has 1 aliphatic rings. The van der Waals surface area contributed by atoms with E-state index < -0.39 is 5.91 Å². The van der Waals surface area contributed by atoms with E-state index in [1.807, 2.05) is 0 Å². The van der Waals surface area contributed by atoms with Crippen molar-refractivity contribution in [3.05, 3.63) is 53.6 Å². The molecule has 6 nitrogen and oxygen atoms in total. The minimum absolute atomic E-state index is 0.0482. The van der Waals surface area contributed by atoms with Gasteiger partial charge in [-0.3, -0.25) is 14.5 Å². The highest BCUT2D eigenvalue weighted by atomic mass is 16.2. The summed E-state index contributed by atoms with van der Waals surface area (Å²) in [7, 11) is 0. The lowest BCUT2D eigenvalue weighted by Crippen LogP contribution is -2.30. The molecule has 1 aliphatic heterocycles. The lowest BCUT2D eigenvalue weighted by atomic mass is 10.1. The second-order valence-electron chi connectivity index (χ2n) is 4.13. The van der Waals surface area contributed by atoms with Gasteiger partial charge in [0.05, 0.1) is 17.7 Å². The van der Waals surface area contributed by atoms with Gasteiger partial charge in [0.1, 0.15) is 5.82 Å². The number of aromatic nitrogens is 2. The molecule has 0 unspecified atom stereocenters. The molecule has 0 aliphatic carbocycles. The predicted octanol–water partition coefficient (Wildman–Crippen LogP) is 0.855. The van der Waals surface area contributed by atoms with Crippen LogP contribution >= 0.6 is 0 Å². The number of hydrogen-bond donors (Lipinski definition) is 1. The zero-order valence-corrected chi connectivity index (χ0v) is 9.91. The molecule has 19 heavy (non-hydrogen) atoms. The summed E-state index contributed by atoms with van der Waals surface area (Å²) >= 11 is 0. The summed E-state index contributed by atoms with van der Waals surface area (Å²) in [6.07, 6.45) is 3.13. The highest BCUT2D eigenvalue weighted by molar-refractivity contribution is 6.23. The van der Waals surface area contributed by atoms with Crippen LogP contribution in [0.2, 0.25) is 0 Å². The Hall–Kier alpha value is -2.76. The van der Waals surface area contributed by atoms with Gasteiger partial charge in [0.2, 0.25) is 0 Å². The van der Waals surface area contributed by atoms with Gasteiger partial charge in [-0.15, -0.1) is 0 Å². The largest absolute Gasteiger partial charge is 0.398 e. The quantitative estimate of drug-likeness (QED) is 0.634. The Morgan fingerprint density at radius 1 is 1.05 bits per heavy atom. The third kappa shape index (κ3) is 1.74. The minimum atomic E-state index is -0.398. The van der Waals surface area contributed by atoms with Crippen LogP contribution in [0, 0.1) is 0 Å². The number of amides is 2. The number of carbonyl (C=O) groups is 2. The van der Waals surface area contributed by atoms with E-state index in [-0.39, 0.29) is 18.0 Å². The molecule has 0 bridgehead atoms. The van der Waals surface area contributed by atoms with Crippen molar-refractivity contribution in [1.82, 2.24) is 14.9 Å². The number of rotatable bonds is 2. The van der Waals surface area contributed by atoms with Crippen LogP contribution in [0.1, 0.15) is 26.5 Å². The SMILES string of the molecule is Nc1cccc2c1C(=O)N(Cc1ncccn1)C2=O. The highest BCUT2D eigenvalue weighted by Gasteiger charge is 2.37. The van der Waals surface area contributed by atoms with Crippen LogP contribution in [0.15, 0.2) is 36.7 Å². The number of nitrogens with zero attached hydrogens (tertiary/aromatic N) is 3. The number of hydrogen-bond acceptors (Lipinski definition) is 5. The second-order valence-corrected chi connectivity index (χ2v) is 4.13. The molecule has 94 valence electrons. The molecule has 0 atom stereocenters. The van der Waals surface area contributed by atoms with Gasteiger partial charge in [0, 0.05) is 18.1 Å². The normalized spacial score (nSPS) is 13.8. The molecule has 1 aromatic carbocycles. The first-order valence-electron chi connectivity index (χ1n) is 5.69. The molecule has 2 amide bonds. The van der Waals surface area contributed by atoms with Crippen LogP contribution in [0.5, 0.6) is 0 Å². The van der Waals surface area contributed by atoms with E-state index in [0.29, 0.717) is 17.1 Å². The van der Waals surface area contributed by atoms with Gasteiger partial charge in [-0.25, -0.2) is 9.97 Å². The van der Waals surface area contributed by atoms with Gasteiger partial charge >= 0.3 is 0 Å². The van der Waals surface area contributed by atoms with Gasteiger partial charge in [0.15, 0.2) is 0 Å². The monoisotopic (exact) mass is 254 g/mol. The first kappa shape index (κ1) is 11.3. The van der Waals surface area contributed by atoms with Crippen molar-refractivity contribution in [2.24, 2.45) is 0 Å². The van der Waals surface area contributed by atoms with Crippen LogP contribution in [-0.2, 0) is 6.54 Å². The molecule has 2 heterocycles. The smallest absolute Gasteiger partial charge is 0.264 e. The maximum atomic E-state index is 12.2. The van der Waals surface area contributed by atoms with Gasteiger partial charge in [-0.05, 0) is 18.2 Å². The van der Waals surface area contributed by atoms with E-state index in [4.69, 9.17) is 5.73 Å². The Labute approximate surface area is 108 Å². The summed E-state index contributed by atoms with van der Waals surface area (Å²) in [5, 5.41) is 0. The van der Waals surface area contributed by atoms with Gasteiger partial charge in [-0.2, -0.15) is 0 Å². The summed E-state index contributed by atoms with van der Waals surface area (Å²) in [4.78, 5) is 33.5. The second kappa shape index (κ2) is 4.16. The van der Waals surface area contributed by atoms with Crippen LogP contribution < -0.4 is 5.73 Å². The molecule has 3 rings (SSSR count). The van der Waals surface area contributed by atoms with E-state index in [1.54, 1.807) is 36.7 Å². The van der Waals surface area contributed by atoms with E-state index in [2.05, 4.69) is 9.97 Å². The molecule has 0 saturated carbocycles. The van der Waals surface area contributed by atoms with E-state index in [1.165, 1.54) is 0 Å². The van der Waals surface area contributed by atoms with Crippen LogP contribution in [0.4, 0.5) is 5.69 Å². The number of carbonyl (C=O) groups excluding carboxylic acids is 2. The zero-order valence-electron chi connectivity index (χ0n) is 9.91. The van der Waals surface area contributed by atoms with E-state index in [9.17, 15) is 9.59 Å². The molecule has 6 heteroatoms. The molecule has 2 N–H and O–H groups in total. The Morgan fingerprint density at radius 2 is 1.79 bits per heavy atom. The summed E-state index contributed by atoms with van der Waals surface area (Å²) in [5.74, 6) is -0.346. The van der Waals surface area contributed by atoms with E-state index in [0.717, 1.165) is 4.90 Å². The lowest BCUT2D eigenvalue weighted by molar-refractivity contribution is 0.0638. The van der Waals surface area contributed by atoms with Crippen molar-refractivity contribution in [3.63, 3.8) is 0 Å². The van der Waals surface area contributed by atoms with Crippen molar-refractivity contribution < 1.29 is 9.59 Å². The molecular weight excluding hydrogens is 244 g/mol. The Kier molecular flexibility index (Phi) is 2.49. The van der Waals surface area contributed by atoms with Crippen molar-refractivity contribution in [1.29, 1.82) is 0 Å². The fourth-order valence-electron chi connectivity index (χ4n) is 2.06. The van der Waals surface area contributed by atoms with Gasteiger partial charge < -0.3 is 5.73 Å². The molecule has 0 radical (unpaired) electrons. The maximum Gasteiger partial charge on any atom is 0.264 e.